The molecule has 0 radical (unpaired) electrons. The molecule has 2 nitrogen and oxygen atoms in total. The summed E-state index contributed by atoms with van der Waals surface area (Å²) in [6, 6.07) is 5.87. The van der Waals surface area contributed by atoms with Gasteiger partial charge in [0.05, 0.1) is 5.69 Å². The van der Waals surface area contributed by atoms with Gasteiger partial charge >= 0.3 is 0 Å². The van der Waals surface area contributed by atoms with Crippen molar-refractivity contribution >= 4 is 5.69 Å². The molecule has 0 spiro atoms. The number of rotatable bonds is 7. The van der Waals surface area contributed by atoms with Crippen LogP contribution in [0.15, 0.2) is 18.2 Å². The van der Waals surface area contributed by atoms with Crippen molar-refractivity contribution in [3.05, 3.63) is 29.6 Å². The van der Waals surface area contributed by atoms with Gasteiger partial charge < -0.3 is 10.2 Å². The fourth-order valence-corrected chi connectivity index (χ4v) is 2.06. The summed E-state index contributed by atoms with van der Waals surface area (Å²) in [7, 11) is 0. The Morgan fingerprint density at radius 2 is 2.00 bits per heavy atom. The van der Waals surface area contributed by atoms with Gasteiger partial charge in [0.1, 0.15) is 5.82 Å². The van der Waals surface area contributed by atoms with Crippen molar-refractivity contribution in [3.63, 3.8) is 0 Å². The summed E-state index contributed by atoms with van der Waals surface area (Å²) in [5, 5.41) is 3.21. The molecular formula is C15H25FN2. The molecule has 0 aliphatic rings. The minimum Gasteiger partial charge on any atom is -0.367 e. The third kappa shape index (κ3) is 3.98. The SMILES string of the molecule is CCCN(c1ccc(CNCC)cc1F)C(C)C. The van der Waals surface area contributed by atoms with Gasteiger partial charge in [0.2, 0.25) is 0 Å². The van der Waals surface area contributed by atoms with Gasteiger partial charge in [0.25, 0.3) is 0 Å². The number of hydrogen-bond donors (Lipinski definition) is 1. The first-order valence-corrected chi connectivity index (χ1v) is 6.85. The second-order valence-electron chi connectivity index (χ2n) is 4.85. The maximum Gasteiger partial charge on any atom is 0.146 e. The summed E-state index contributed by atoms with van der Waals surface area (Å²) >= 11 is 0. The number of anilines is 1. The second-order valence-corrected chi connectivity index (χ2v) is 4.85. The molecule has 0 saturated heterocycles. The average Bonchev–Trinajstić information content (AvgIpc) is 2.34. The summed E-state index contributed by atoms with van der Waals surface area (Å²) in [4.78, 5) is 2.12. The first-order chi connectivity index (χ1) is 8.60. The lowest BCUT2D eigenvalue weighted by Crippen LogP contribution is -2.32. The third-order valence-electron chi connectivity index (χ3n) is 2.99. The molecule has 0 aliphatic carbocycles. The summed E-state index contributed by atoms with van der Waals surface area (Å²) in [6.07, 6.45) is 1.02. The third-order valence-corrected chi connectivity index (χ3v) is 2.99. The molecule has 102 valence electrons. The standard InChI is InChI=1S/C15H25FN2/c1-5-9-18(12(3)4)15-8-7-13(10-14(15)16)11-17-6-2/h7-8,10,12,17H,5-6,9,11H2,1-4H3. The van der Waals surface area contributed by atoms with Crippen LogP contribution >= 0.6 is 0 Å². The van der Waals surface area contributed by atoms with Crippen LogP contribution in [0.1, 0.15) is 39.7 Å². The van der Waals surface area contributed by atoms with Gasteiger partial charge in [-0.05, 0) is 44.5 Å². The van der Waals surface area contributed by atoms with Crippen LogP contribution in [-0.4, -0.2) is 19.1 Å². The molecule has 0 amide bonds. The van der Waals surface area contributed by atoms with Gasteiger partial charge in [-0.15, -0.1) is 0 Å². The van der Waals surface area contributed by atoms with Crippen molar-refractivity contribution in [2.75, 3.05) is 18.0 Å². The minimum absolute atomic E-state index is 0.118. The fourth-order valence-electron chi connectivity index (χ4n) is 2.06. The number of hydrogen-bond acceptors (Lipinski definition) is 2. The molecule has 3 heteroatoms. The van der Waals surface area contributed by atoms with E-state index in [9.17, 15) is 4.39 Å². The largest absolute Gasteiger partial charge is 0.367 e. The highest BCUT2D eigenvalue weighted by Gasteiger charge is 2.14. The topological polar surface area (TPSA) is 15.3 Å². The Hall–Kier alpha value is -1.09. The van der Waals surface area contributed by atoms with Crippen LogP contribution in [0, 0.1) is 5.82 Å². The fraction of sp³-hybridized carbons (Fsp3) is 0.600. The van der Waals surface area contributed by atoms with Gasteiger partial charge in [-0.1, -0.05) is 19.9 Å². The van der Waals surface area contributed by atoms with E-state index in [2.05, 4.69) is 31.0 Å². The summed E-state index contributed by atoms with van der Waals surface area (Å²) < 4.78 is 14.1. The predicted molar refractivity (Wildman–Crippen MR) is 76.6 cm³/mol. The molecule has 0 fully saturated rings. The van der Waals surface area contributed by atoms with Gasteiger partial charge in [-0.2, -0.15) is 0 Å². The van der Waals surface area contributed by atoms with Crippen LogP contribution in [-0.2, 0) is 6.54 Å². The molecular weight excluding hydrogens is 227 g/mol. The Morgan fingerprint density at radius 3 is 2.50 bits per heavy atom. The number of benzene rings is 1. The Kier molecular flexibility index (Phi) is 6.13. The van der Waals surface area contributed by atoms with Crippen LogP contribution in [0.3, 0.4) is 0 Å². The summed E-state index contributed by atoms with van der Waals surface area (Å²) in [5.74, 6) is -0.118. The van der Waals surface area contributed by atoms with Gasteiger partial charge in [-0.25, -0.2) is 4.39 Å². The highest BCUT2D eigenvalue weighted by molar-refractivity contribution is 5.49. The van der Waals surface area contributed by atoms with Crippen LogP contribution in [0.4, 0.5) is 10.1 Å². The Morgan fingerprint density at radius 1 is 1.28 bits per heavy atom. The Balaban J connectivity index is 2.88. The number of nitrogens with one attached hydrogen (secondary N) is 1. The highest BCUT2D eigenvalue weighted by Crippen LogP contribution is 2.23. The first-order valence-electron chi connectivity index (χ1n) is 6.85. The van der Waals surface area contributed by atoms with Crippen molar-refractivity contribution in [2.45, 2.75) is 46.7 Å². The molecule has 18 heavy (non-hydrogen) atoms. The van der Waals surface area contributed by atoms with Crippen molar-refractivity contribution in [2.24, 2.45) is 0 Å². The van der Waals surface area contributed by atoms with E-state index >= 15 is 0 Å². The van der Waals surface area contributed by atoms with Gasteiger partial charge in [-0.3, -0.25) is 0 Å². The van der Waals surface area contributed by atoms with Crippen LogP contribution in [0.5, 0.6) is 0 Å². The summed E-state index contributed by atoms with van der Waals surface area (Å²) in [5.41, 5.74) is 1.71. The van der Waals surface area contributed by atoms with Crippen molar-refractivity contribution < 1.29 is 4.39 Å². The van der Waals surface area contributed by atoms with Gasteiger partial charge in [0.15, 0.2) is 0 Å². The van der Waals surface area contributed by atoms with Crippen molar-refractivity contribution in [1.29, 1.82) is 0 Å². The van der Waals surface area contributed by atoms with E-state index in [0.717, 1.165) is 31.6 Å². The predicted octanol–water partition coefficient (Wildman–Crippen LogP) is 3.56. The van der Waals surface area contributed by atoms with Crippen LogP contribution in [0.2, 0.25) is 0 Å². The van der Waals surface area contributed by atoms with Crippen molar-refractivity contribution in [3.8, 4) is 0 Å². The van der Waals surface area contributed by atoms with E-state index in [0.29, 0.717) is 11.7 Å². The summed E-state index contributed by atoms with van der Waals surface area (Å²) in [6.45, 7) is 10.9. The lowest BCUT2D eigenvalue weighted by Gasteiger charge is -2.29. The molecule has 0 aliphatic heterocycles. The van der Waals surface area contributed by atoms with E-state index in [-0.39, 0.29) is 5.82 Å². The smallest absolute Gasteiger partial charge is 0.146 e. The highest BCUT2D eigenvalue weighted by atomic mass is 19.1. The minimum atomic E-state index is -0.118. The molecule has 1 aromatic rings. The lowest BCUT2D eigenvalue weighted by atomic mass is 10.1. The molecule has 0 atom stereocenters. The average molecular weight is 252 g/mol. The van der Waals surface area contributed by atoms with Crippen LogP contribution < -0.4 is 10.2 Å². The molecule has 1 rings (SSSR count). The zero-order valence-corrected chi connectivity index (χ0v) is 12.0. The van der Waals surface area contributed by atoms with Gasteiger partial charge in [0, 0.05) is 19.1 Å². The quantitative estimate of drug-likeness (QED) is 0.798. The van der Waals surface area contributed by atoms with E-state index in [4.69, 9.17) is 0 Å². The molecule has 0 saturated carbocycles. The zero-order chi connectivity index (χ0) is 13.5. The van der Waals surface area contributed by atoms with E-state index < -0.39 is 0 Å². The molecule has 0 bridgehead atoms. The Labute approximate surface area is 110 Å². The molecule has 0 aromatic heterocycles. The van der Waals surface area contributed by atoms with Crippen LogP contribution in [0.25, 0.3) is 0 Å². The molecule has 1 aromatic carbocycles. The van der Waals surface area contributed by atoms with E-state index in [1.165, 1.54) is 0 Å². The maximum absolute atomic E-state index is 14.1. The molecule has 0 heterocycles. The van der Waals surface area contributed by atoms with E-state index in [1.807, 2.05) is 19.1 Å². The number of halogens is 1. The first kappa shape index (κ1) is 15.0. The Bertz CT molecular complexity index is 364. The normalized spacial score (nSPS) is 11.0. The van der Waals surface area contributed by atoms with Crippen molar-refractivity contribution in [1.82, 2.24) is 5.32 Å². The molecule has 0 unspecified atom stereocenters. The van der Waals surface area contributed by atoms with E-state index in [1.54, 1.807) is 6.07 Å². The molecule has 1 N–H and O–H groups in total. The number of nitrogens with zero attached hydrogens (tertiary/aromatic N) is 1. The second kappa shape index (κ2) is 7.37. The zero-order valence-electron chi connectivity index (χ0n) is 12.0. The maximum atomic E-state index is 14.1. The monoisotopic (exact) mass is 252 g/mol. The lowest BCUT2D eigenvalue weighted by molar-refractivity contribution is 0.593.